The largest absolute Gasteiger partial charge is 0.461 e. The van der Waals surface area contributed by atoms with Crippen LogP contribution < -0.4 is 4.90 Å². The number of thioether (sulfide) groups is 1. The zero-order valence-corrected chi connectivity index (χ0v) is 20.2. The zero-order valence-electron chi connectivity index (χ0n) is 19.4. The summed E-state index contributed by atoms with van der Waals surface area (Å²) >= 11 is 1.52. The number of hydrogen-bond donors (Lipinski definition) is 0. The maximum Gasteiger partial charge on any atom is 0.302 e. The molecule has 1 aliphatic heterocycles. The third-order valence-electron chi connectivity index (χ3n) is 5.69. The number of ether oxygens (including phenoxy) is 1. The van der Waals surface area contributed by atoms with Gasteiger partial charge in [-0.2, -0.15) is 10.5 Å². The summed E-state index contributed by atoms with van der Waals surface area (Å²) in [5.74, 6) is 1.04. The van der Waals surface area contributed by atoms with Crippen molar-refractivity contribution in [1.82, 2.24) is 9.88 Å². The Bertz CT molecular complexity index is 1070. The van der Waals surface area contributed by atoms with Gasteiger partial charge >= 0.3 is 5.97 Å². The van der Waals surface area contributed by atoms with E-state index in [-0.39, 0.29) is 12.6 Å². The Hall–Kier alpha value is -3.07. The molecule has 172 valence electrons. The van der Waals surface area contributed by atoms with Crippen LogP contribution in [-0.2, 0) is 28.3 Å². The van der Waals surface area contributed by atoms with E-state index in [0.717, 1.165) is 49.3 Å². The molecule has 1 aromatic heterocycles. The van der Waals surface area contributed by atoms with Crippen LogP contribution in [0.5, 0.6) is 0 Å². The van der Waals surface area contributed by atoms with E-state index in [2.05, 4.69) is 29.0 Å². The summed E-state index contributed by atoms with van der Waals surface area (Å²) in [5.41, 5.74) is 3.81. The van der Waals surface area contributed by atoms with Crippen molar-refractivity contribution in [2.75, 3.05) is 38.1 Å². The van der Waals surface area contributed by atoms with E-state index in [0.29, 0.717) is 34.1 Å². The van der Waals surface area contributed by atoms with E-state index in [1.807, 2.05) is 31.2 Å². The lowest BCUT2D eigenvalue weighted by atomic mass is 10.0. The van der Waals surface area contributed by atoms with Crippen LogP contribution in [0.4, 0.5) is 5.82 Å². The molecule has 1 aliphatic rings. The summed E-state index contributed by atoms with van der Waals surface area (Å²) in [6.07, 6.45) is 1.61. The van der Waals surface area contributed by atoms with E-state index in [1.165, 1.54) is 18.7 Å². The molecule has 0 atom stereocenters. The predicted molar refractivity (Wildman–Crippen MR) is 129 cm³/mol. The van der Waals surface area contributed by atoms with Gasteiger partial charge < -0.3 is 14.5 Å². The maximum absolute atomic E-state index is 11.0. The molecule has 3 rings (SSSR count). The van der Waals surface area contributed by atoms with Crippen molar-refractivity contribution in [1.29, 1.82) is 10.5 Å². The number of likely N-dealkylation sites (N-methyl/N-ethyl adjacent to an activating group) is 1. The zero-order chi connectivity index (χ0) is 23.8. The summed E-state index contributed by atoms with van der Waals surface area (Å²) in [5, 5.41) is 20.5. The first-order chi connectivity index (χ1) is 16.0. The van der Waals surface area contributed by atoms with Gasteiger partial charge in [-0.1, -0.05) is 31.2 Å². The number of nitriles is 2. The van der Waals surface area contributed by atoms with E-state index < -0.39 is 0 Å². The van der Waals surface area contributed by atoms with Gasteiger partial charge in [-0.3, -0.25) is 4.79 Å². The lowest BCUT2D eigenvalue weighted by Crippen LogP contribution is -2.30. The molecular formula is C25H29N5O2S. The second-order valence-electron chi connectivity index (χ2n) is 8.08. The summed E-state index contributed by atoms with van der Waals surface area (Å²) in [6, 6.07) is 12.5. The fourth-order valence-corrected chi connectivity index (χ4v) is 4.80. The van der Waals surface area contributed by atoms with Crippen LogP contribution in [0.1, 0.15) is 48.1 Å². The smallest absolute Gasteiger partial charge is 0.302 e. The second-order valence-corrected chi connectivity index (χ2v) is 9.04. The van der Waals surface area contributed by atoms with Crippen molar-refractivity contribution in [3.63, 3.8) is 0 Å². The number of pyridine rings is 1. The highest BCUT2D eigenvalue weighted by Crippen LogP contribution is 2.33. The Morgan fingerprint density at radius 1 is 1.09 bits per heavy atom. The standard InChI is InChI=1S/C25H29N5O2S/c1-4-21-22(14-26)24(30-11-5-10-29(3)12-13-30)28-25(23(21)15-27)33-17-20-8-6-19(7-9-20)16-32-18(2)31/h6-9H,4-5,10-13,16-17H2,1-3H3. The summed E-state index contributed by atoms with van der Waals surface area (Å²) in [6.45, 7) is 7.21. The van der Waals surface area contributed by atoms with Crippen LogP contribution in [0.3, 0.4) is 0 Å². The van der Waals surface area contributed by atoms with Crippen molar-refractivity contribution in [3.8, 4) is 12.1 Å². The lowest BCUT2D eigenvalue weighted by molar-refractivity contribution is -0.142. The molecular weight excluding hydrogens is 434 g/mol. The summed E-state index contributed by atoms with van der Waals surface area (Å²) in [4.78, 5) is 20.3. The van der Waals surface area contributed by atoms with Crippen molar-refractivity contribution in [2.24, 2.45) is 0 Å². The van der Waals surface area contributed by atoms with E-state index >= 15 is 0 Å². The molecule has 0 amide bonds. The molecule has 0 N–H and O–H groups in total. The monoisotopic (exact) mass is 463 g/mol. The van der Waals surface area contributed by atoms with Gasteiger partial charge in [-0.25, -0.2) is 4.98 Å². The van der Waals surface area contributed by atoms with Crippen LogP contribution in [0.15, 0.2) is 29.3 Å². The number of aromatic nitrogens is 1. The maximum atomic E-state index is 11.0. The normalized spacial score (nSPS) is 14.3. The van der Waals surface area contributed by atoms with Gasteiger partial charge in [0.2, 0.25) is 0 Å². The second kappa shape index (κ2) is 11.7. The Balaban J connectivity index is 1.87. The minimum absolute atomic E-state index is 0.257. The number of hydrogen-bond acceptors (Lipinski definition) is 8. The van der Waals surface area contributed by atoms with Gasteiger partial charge in [-0.15, -0.1) is 11.8 Å². The first-order valence-electron chi connectivity index (χ1n) is 11.1. The predicted octanol–water partition coefficient (Wildman–Crippen LogP) is 3.88. The molecule has 1 saturated heterocycles. The van der Waals surface area contributed by atoms with Gasteiger partial charge in [-0.05, 0) is 43.1 Å². The number of carbonyl (C=O) groups is 1. The lowest BCUT2D eigenvalue weighted by Gasteiger charge is -2.25. The Morgan fingerprint density at radius 2 is 1.79 bits per heavy atom. The molecule has 2 heterocycles. The van der Waals surface area contributed by atoms with Crippen LogP contribution in [0, 0.1) is 22.7 Å². The van der Waals surface area contributed by atoms with E-state index in [9.17, 15) is 15.3 Å². The van der Waals surface area contributed by atoms with Gasteiger partial charge in [0.25, 0.3) is 0 Å². The number of rotatable bonds is 7. The third-order valence-corrected chi connectivity index (χ3v) is 6.73. The first kappa shape index (κ1) is 24.6. The number of anilines is 1. The number of esters is 1. The Labute approximate surface area is 200 Å². The molecule has 0 unspecified atom stereocenters. The van der Waals surface area contributed by atoms with Crippen LogP contribution >= 0.6 is 11.8 Å². The molecule has 0 bridgehead atoms. The van der Waals surface area contributed by atoms with Crippen molar-refractivity contribution in [3.05, 3.63) is 52.1 Å². The number of carbonyl (C=O) groups excluding carboxylic acids is 1. The summed E-state index contributed by atoms with van der Waals surface area (Å²) in [7, 11) is 2.11. The van der Waals surface area contributed by atoms with E-state index in [1.54, 1.807) is 0 Å². The SMILES string of the molecule is CCc1c(C#N)c(SCc2ccc(COC(C)=O)cc2)nc(N2CCCN(C)CC2)c1C#N. The molecule has 33 heavy (non-hydrogen) atoms. The Morgan fingerprint density at radius 3 is 2.42 bits per heavy atom. The highest BCUT2D eigenvalue weighted by molar-refractivity contribution is 7.98. The van der Waals surface area contributed by atoms with Crippen molar-refractivity contribution < 1.29 is 9.53 Å². The molecule has 1 aromatic carbocycles. The Kier molecular flexibility index (Phi) is 8.71. The van der Waals surface area contributed by atoms with Gasteiger partial charge in [0.15, 0.2) is 0 Å². The molecule has 0 saturated carbocycles. The molecule has 0 radical (unpaired) electrons. The van der Waals surface area contributed by atoms with Crippen LogP contribution in [0.2, 0.25) is 0 Å². The van der Waals surface area contributed by atoms with Gasteiger partial charge in [0.05, 0.1) is 11.1 Å². The molecule has 2 aromatic rings. The van der Waals surface area contributed by atoms with Gasteiger partial charge in [0.1, 0.15) is 29.6 Å². The fraction of sp³-hybridized carbons (Fsp3) is 0.440. The van der Waals surface area contributed by atoms with Crippen molar-refractivity contribution in [2.45, 2.75) is 44.1 Å². The number of benzene rings is 1. The average molecular weight is 464 g/mol. The topological polar surface area (TPSA) is 93.2 Å². The third kappa shape index (κ3) is 6.25. The minimum Gasteiger partial charge on any atom is -0.461 e. The van der Waals surface area contributed by atoms with Crippen molar-refractivity contribution >= 4 is 23.5 Å². The average Bonchev–Trinajstić information content (AvgIpc) is 3.05. The molecule has 0 spiro atoms. The molecule has 0 aliphatic carbocycles. The number of nitrogens with zero attached hydrogens (tertiary/aromatic N) is 5. The molecule has 1 fully saturated rings. The van der Waals surface area contributed by atoms with E-state index in [4.69, 9.17) is 9.72 Å². The highest BCUT2D eigenvalue weighted by atomic mass is 32.2. The quantitative estimate of drug-likeness (QED) is 0.451. The summed E-state index contributed by atoms with van der Waals surface area (Å²) < 4.78 is 5.04. The first-order valence-corrected chi connectivity index (χ1v) is 12.1. The highest BCUT2D eigenvalue weighted by Gasteiger charge is 2.24. The minimum atomic E-state index is -0.302. The molecule has 8 heteroatoms. The molecule has 7 nitrogen and oxygen atoms in total. The fourth-order valence-electron chi connectivity index (χ4n) is 3.84. The van der Waals surface area contributed by atoms with Crippen LogP contribution in [-0.4, -0.2) is 49.1 Å². The van der Waals surface area contributed by atoms with Gasteiger partial charge in [0, 0.05) is 32.3 Å². The van der Waals surface area contributed by atoms with Crippen LogP contribution in [0.25, 0.3) is 0 Å².